The summed E-state index contributed by atoms with van der Waals surface area (Å²) in [5, 5.41) is 10.9. The van der Waals surface area contributed by atoms with E-state index in [1.807, 2.05) is 0 Å². The maximum Gasteiger partial charge on any atom is 0.491 e. The number of phenols is 1. The molecule has 114 valence electrons. The number of carbonyl (C=O) groups excluding carboxylic acids is 1. The molecule has 2 aromatic carbocycles. The Labute approximate surface area is 120 Å². The number of hydrogen-bond donors (Lipinski definition) is 1. The van der Waals surface area contributed by atoms with Gasteiger partial charge in [-0.3, -0.25) is 0 Å². The molecule has 0 aliphatic heterocycles. The lowest BCUT2D eigenvalue weighted by molar-refractivity contribution is -0.188. The van der Waals surface area contributed by atoms with Crippen LogP contribution in [-0.2, 0) is 8.98 Å². The first-order chi connectivity index (χ1) is 9.63. The third kappa shape index (κ3) is 3.07. The Kier molecular flexibility index (Phi) is 3.79. The van der Waals surface area contributed by atoms with Gasteiger partial charge in [0.25, 0.3) is 0 Å². The van der Waals surface area contributed by atoms with Crippen molar-refractivity contribution >= 4 is 27.1 Å². The maximum absolute atomic E-state index is 12.4. The number of benzene rings is 2. The van der Waals surface area contributed by atoms with Crippen molar-refractivity contribution in [2.45, 2.75) is 11.1 Å². The molecule has 0 saturated carbocycles. The van der Waals surface area contributed by atoms with E-state index in [4.69, 9.17) is 0 Å². The second-order valence-electron chi connectivity index (χ2n) is 4.73. The van der Waals surface area contributed by atoms with Gasteiger partial charge >= 0.3 is 12.1 Å². The Hall–Kier alpha value is -1.89. The average molecular weight is 318 g/mol. The van der Waals surface area contributed by atoms with Gasteiger partial charge in [-0.25, -0.2) is 4.79 Å². The van der Waals surface area contributed by atoms with Gasteiger partial charge in [0.1, 0.15) is 5.75 Å². The number of fused-ring (bicyclic) bond motifs is 1. The molecule has 0 saturated heterocycles. The van der Waals surface area contributed by atoms with Crippen LogP contribution in [0.25, 0.3) is 10.8 Å². The fourth-order valence-electron chi connectivity index (χ4n) is 1.97. The summed E-state index contributed by atoms with van der Waals surface area (Å²) in [4.78, 5) is 11.5. The number of rotatable bonds is 2. The first kappa shape index (κ1) is 15.5. The fourth-order valence-corrected chi connectivity index (χ4v) is 3.63. The van der Waals surface area contributed by atoms with E-state index >= 15 is 0 Å². The van der Waals surface area contributed by atoms with Gasteiger partial charge in [0.2, 0.25) is 0 Å². The first-order valence-electron chi connectivity index (χ1n) is 5.87. The van der Waals surface area contributed by atoms with Crippen molar-refractivity contribution in [1.29, 1.82) is 0 Å². The van der Waals surface area contributed by atoms with Crippen molar-refractivity contribution in [2.75, 3.05) is 12.5 Å². The van der Waals surface area contributed by atoms with Crippen molar-refractivity contribution < 1.29 is 27.3 Å². The summed E-state index contributed by atoms with van der Waals surface area (Å²) in [7, 11) is -2.47. The van der Waals surface area contributed by atoms with Gasteiger partial charge in [0.15, 0.2) is 0 Å². The van der Waals surface area contributed by atoms with Crippen LogP contribution in [0.1, 0.15) is 0 Å². The maximum atomic E-state index is 12.4. The largest absolute Gasteiger partial charge is 0.507 e. The fraction of sp³-hybridized carbons (Fsp3) is 0.214. The van der Waals surface area contributed by atoms with Crippen LogP contribution in [0.15, 0.2) is 41.3 Å². The van der Waals surface area contributed by atoms with Gasteiger partial charge < -0.3 is 9.29 Å². The molecule has 0 aliphatic carbocycles. The normalized spacial score (nSPS) is 13.2. The molecule has 0 unspecified atom stereocenters. The summed E-state index contributed by atoms with van der Waals surface area (Å²) in [6, 6.07) is 9.59. The number of carbonyl (C=O) groups is 1. The predicted molar refractivity (Wildman–Crippen MR) is 75.5 cm³/mol. The van der Waals surface area contributed by atoms with Gasteiger partial charge in [-0.05, 0) is 12.1 Å². The van der Waals surface area contributed by atoms with Crippen LogP contribution in [0.3, 0.4) is 0 Å². The molecule has 0 spiro atoms. The van der Waals surface area contributed by atoms with Gasteiger partial charge in [0.05, 0.1) is 0 Å². The molecule has 0 fully saturated rings. The molecule has 0 amide bonds. The number of aromatic hydroxyl groups is 1. The van der Waals surface area contributed by atoms with Crippen molar-refractivity contribution in [3.8, 4) is 5.75 Å². The van der Waals surface area contributed by atoms with Crippen LogP contribution in [0, 0.1) is 0 Å². The van der Waals surface area contributed by atoms with Gasteiger partial charge in [-0.15, -0.1) is 0 Å². The monoisotopic (exact) mass is 318 g/mol. The second kappa shape index (κ2) is 5.14. The van der Waals surface area contributed by atoms with Crippen LogP contribution in [-0.4, -0.2) is 29.8 Å². The molecule has 1 N–H and O–H groups in total. The minimum absolute atomic E-state index is 0.0201. The lowest BCUT2D eigenvalue weighted by atomic mass is 10.1. The number of hydrogen-bond acceptors (Lipinski definition) is 3. The summed E-state index contributed by atoms with van der Waals surface area (Å²) >= 11 is 0. The average Bonchev–Trinajstić information content (AvgIpc) is 2.37. The van der Waals surface area contributed by atoms with Crippen molar-refractivity contribution in [1.82, 2.24) is 0 Å². The van der Waals surface area contributed by atoms with Crippen LogP contribution in [0.5, 0.6) is 5.75 Å². The minimum Gasteiger partial charge on any atom is -0.507 e. The van der Waals surface area contributed by atoms with Crippen LogP contribution >= 0.6 is 10.3 Å². The summed E-state index contributed by atoms with van der Waals surface area (Å²) in [5.74, 6) is -2.19. The Morgan fingerprint density at radius 3 is 2.24 bits per heavy atom. The summed E-state index contributed by atoms with van der Waals surface area (Å²) in [6.07, 6.45) is -2.12. The summed E-state index contributed by atoms with van der Waals surface area (Å²) < 4.78 is 41.8. The Morgan fingerprint density at radius 1 is 1.10 bits per heavy atom. The zero-order valence-corrected chi connectivity index (χ0v) is 12.1. The van der Waals surface area contributed by atoms with E-state index < -0.39 is 22.5 Å². The van der Waals surface area contributed by atoms with Gasteiger partial charge in [-0.2, -0.15) is 13.2 Å². The molecule has 3 nitrogen and oxygen atoms in total. The van der Waals surface area contributed by atoms with E-state index in [2.05, 4.69) is 4.18 Å². The quantitative estimate of drug-likeness (QED) is 0.911. The van der Waals surface area contributed by atoms with E-state index in [0.29, 0.717) is 15.7 Å². The van der Waals surface area contributed by atoms with E-state index in [1.54, 1.807) is 24.3 Å². The van der Waals surface area contributed by atoms with Gasteiger partial charge in [-0.1, -0.05) is 34.6 Å². The molecule has 0 radical (unpaired) electrons. The second-order valence-corrected chi connectivity index (χ2v) is 7.80. The standard InChI is InChI=1S/C14H13F3O3S/c1-21(2,20-13(19)14(15,16)17)12-8-7-11(18)9-5-3-4-6-10(9)12/h3-8,18H,1-2H3. The molecule has 0 aliphatic rings. The van der Waals surface area contributed by atoms with Crippen molar-refractivity contribution in [3.05, 3.63) is 36.4 Å². The highest BCUT2D eigenvalue weighted by Crippen LogP contribution is 2.54. The van der Waals surface area contributed by atoms with E-state index in [-0.39, 0.29) is 5.75 Å². The summed E-state index contributed by atoms with van der Waals surface area (Å²) in [5.41, 5.74) is 0. The zero-order chi connectivity index (χ0) is 15.8. The first-order valence-corrected chi connectivity index (χ1v) is 8.25. The highest BCUT2D eigenvalue weighted by molar-refractivity contribution is 8.29. The zero-order valence-electron chi connectivity index (χ0n) is 11.3. The molecule has 0 bridgehead atoms. The lowest BCUT2D eigenvalue weighted by Crippen LogP contribution is -2.26. The smallest absolute Gasteiger partial charge is 0.491 e. The molecule has 0 aromatic heterocycles. The molecule has 21 heavy (non-hydrogen) atoms. The molecule has 7 heteroatoms. The molecular formula is C14H13F3O3S. The number of phenolic OH excluding ortho intramolecular Hbond substituents is 1. The Bertz CT molecular complexity index is 695. The molecule has 2 aromatic rings. The molecule has 0 atom stereocenters. The number of halogens is 3. The minimum atomic E-state index is -5.03. The lowest BCUT2D eigenvalue weighted by Gasteiger charge is -2.32. The van der Waals surface area contributed by atoms with E-state index in [9.17, 15) is 23.1 Å². The number of alkyl halides is 3. The Morgan fingerprint density at radius 2 is 1.67 bits per heavy atom. The highest BCUT2D eigenvalue weighted by Gasteiger charge is 2.43. The highest BCUT2D eigenvalue weighted by atomic mass is 32.3. The van der Waals surface area contributed by atoms with E-state index in [1.165, 1.54) is 24.6 Å². The molecule has 0 heterocycles. The van der Waals surface area contributed by atoms with Crippen LogP contribution in [0.4, 0.5) is 13.2 Å². The molecular weight excluding hydrogens is 305 g/mol. The van der Waals surface area contributed by atoms with Crippen molar-refractivity contribution in [2.24, 2.45) is 0 Å². The van der Waals surface area contributed by atoms with Gasteiger partial charge in [0, 0.05) is 28.2 Å². The third-order valence-corrected chi connectivity index (χ3v) is 4.89. The molecule has 2 rings (SSSR count). The Balaban J connectivity index is 2.50. The van der Waals surface area contributed by atoms with Crippen LogP contribution < -0.4 is 0 Å². The third-order valence-electron chi connectivity index (χ3n) is 2.91. The predicted octanol–water partition coefficient (Wildman–Crippen LogP) is 3.99. The summed E-state index contributed by atoms with van der Waals surface area (Å²) in [6.45, 7) is 0. The SMILES string of the molecule is CS(C)(OC(=O)C(F)(F)F)c1ccc(O)c2ccccc12. The van der Waals surface area contributed by atoms with Crippen molar-refractivity contribution in [3.63, 3.8) is 0 Å². The topological polar surface area (TPSA) is 46.5 Å². The van der Waals surface area contributed by atoms with Crippen LogP contribution in [0.2, 0.25) is 0 Å². The van der Waals surface area contributed by atoms with E-state index in [0.717, 1.165) is 0 Å².